The number of carboxylic acid groups (broad SMARTS) is 1. The van der Waals surface area contributed by atoms with Crippen LogP contribution in [0.15, 0.2) is 48.8 Å². The average Bonchev–Trinajstić information content (AvgIpc) is 3.39. The Balaban J connectivity index is 1.91. The summed E-state index contributed by atoms with van der Waals surface area (Å²) in [6.45, 7) is 11.6. The van der Waals surface area contributed by atoms with E-state index >= 15 is 4.79 Å². The van der Waals surface area contributed by atoms with Gasteiger partial charge in [-0.15, -0.1) is 0 Å². The van der Waals surface area contributed by atoms with Crippen LogP contribution in [0.5, 0.6) is 0 Å². The highest BCUT2D eigenvalue weighted by atomic mass is 19.3. The molecule has 0 bridgehead atoms. The number of hydrogen-bond donors (Lipinski definition) is 2. The van der Waals surface area contributed by atoms with Crippen molar-refractivity contribution >= 4 is 23.6 Å². The molecule has 246 valence electrons. The van der Waals surface area contributed by atoms with E-state index in [1.807, 2.05) is 12.1 Å². The van der Waals surface area contributed by atoms with Gasteiger partial charge in [-0.2, -0.15) is 0 Å². The van der Waals surface area contributed by atoms with Crippen LogP contribution >= 0.6 is 0 Å². The van der Waals surface area contributed by atoms with E-state index in [1.165, 1.54) is 18.2 Å². The number of halogens is 2. The van der Waals surface area contributed by atoms with Crippen molar-refractivity contribution in [2.75, 3.05) is 18.6 Å². The number of benzene rings is 1. The molecular weight excluding hydrogens is 582 g/mol. The molecule has 3 atom stereocenters. The lowest BCUT2D eigenvalue weighted by atomic mass is 9.70. The van der Waals surface area contributed by atoms with Crippen molar-refractivity contribution in [3.63, 3.8) is 0 Å². The summed E-state index contributed by atoms with van der Waals surface area (Å²) in [4.78, 5) is 49.2. The predicted molar refractivity (Wildman–Crippen MR) is 167 cm³/mol. The molecule has 0 spiro atoms. The van der Waals surface area contributed by atoms with E-state index in [-0.39, 0.29) is 44.1 Å². The molecule has 45 heavy (non-hydrogen) atoms. The summed E-state index contributed by atoms with van der Waals surface area (Å²) < 4.78 is 33.5. The monoisotopic (exact) mass is 628 g/mol. The quantitative estimate of drug-likeness (QED) is 0.371. The van der Waals surface area contributed by atoms with Crippen LogP contribution in [-0.4, -0.2) is 70.2 Å². The number of ether oxygens (including phenoxy) is 1. The highest BCUT2D eigenvalue weighted by Crippen LogP contribution is 2.48. The number of carbonyl (C=O) groups is 3. The number of nitrogens with one attached hydrogen (secondary N) is 1. The van der Waals surface area contributed by atoms with Gasteiger partial charge in [0.15, 0.2) is 0 Å². The normalized spacial score (nSPS) is 23.0. The van der Waals surface area contributed by atoms with Gasteiger partial charge in [0.1, 0.15) is 11.6 Å². The van der Waals surface area contributed by atoms with E-state index in [9.17, 15) is 23.5 Å². The summed E-state index contributed by atoms with van der Waals surface area (Å²) in [5.41, 5.74) is -0.943. The van der Waals surface area contributed by atoms with E-state index in [0.717, 1.165) is 10.5 Å². The Kier molecular flexibility index (Phi) is 9.64. The molecule has 1 aromatic heterocycles. The average molecular weight is 629 g/mol. The molecule has 1 aliphatic heterocycles. The van der Waals surface area contributed by atoms with Gasteiger partial charge in [-0.1, -0.05) is 59.7 Å². The van der Waals surface area contributed by atoms with Gasteiger partial charge in [-0.3, -0.25) is 24.4 Å². The number of alkyl halides is 2. The fourth-order valence-electron chi connectivity index (χ4n) is 6.62. The van der Waals surface area contributed by atoms with Crippen molar-refractivity contribution in [1.82, 2.24) is 15.2 Å². The second-order valence-corrected chi connectivity index (χ2v) is 14.4. The van der Waals surface area contributed by atoms with Crippen LogP contribution in [0.4, 0.5) is 19.3 Å². The molecule has 1 saturated heterocycles. The van der Waals surface area contributed by atoms with E-state index < -0.39 is 53.0 Å². The number of anilines is 1. The maximum absolute atomic E-state index is 15.3. The standard InChI is InChI=1S/C34H46F2N4O5/c1-31(2,3)23-10-12-25(13-11-23)40(29(42)34(32(4,5)6)19-26(45-7)21-39(34)30(43)44)27(22-9-8-18-37-20-22)28(41)38-24-14-16-33(35,36)17-15-24/h8-13,18,20,24,26-27H,14-17,19,21H2,1-7H3,(H,38,41)(H,43,44)/t26-,27?,34+/m1/s1. The van der Waals surface area contributed by atoms with Gasteiger partial charge in [0.05, 0.1) is 12.6 Å². The van der Waals surface area contributed by atoms with Crippen LogP contribution < -0.4 is 10.2 Å². The number of hydrogen-bond acceptors (Lipinski definition) is 5. The minimum Gasteiger partial charge on any atom is -0.465 e. The molecule has 1 unspecified atom stereocenters. The molecular formula is C34H46F2N4O5. The molecule has 9 nitrogen and oxygen atoms in total. The highest BCUT2D eigenvalue weighted by molar-refractivity contribution is 6.07. The Morgan fingerprint density at radius 1 is 1.07 bits per heavy atom. The van der Waals surface area contributed by atoms with E-state index in [1.54, 1.807) is 51.2 Å². The summed E-state index contributed by atoms with van der Waals surface area (Å²) in [7, 11) is 1.48. The first-order valence-corrected chi connectivity index (χ1v) is 15.5. The number of likely N-dealkylation sites (tertiary alicyclic amines) is 1. The van der Waals surface area contributed by atoms with E-state index in [2.05, 4.69) is 31.1 Å². The lowest BCUT2D eigenvalue weighted by Crippen LogP contribution is -2.66. The lowest BCUT2D eigenvalue weighted by molar-refractivity contribution is -0.137. The minimum atomic E-state index is -2.78. The number of nitrogens with zero attached hydrogens (tertiary/aromatic N) is 3. The molecule has 3 amide bonds. The van der Waals surface area contributed by atoms with Gasteiger partial charge >= 0.3 is 6.09 Å². The molecule has 2 fully saturated rings. The fraction of sp³-hybridized carbons (Fsp3) is 0.588. The van der Waals surface area contributed by atoms with Crippen molar-refractivity contribution in [1.29, 1.82) is 0 Å². The molecule has 4 rings (SSSR count). The number of carbonyl (C=O) groups excluding carboxylic acids is 2. The van der Waals surface area contributed by atoms with E-state index in [4.69, 9.17) is 4.74 Å². The first kappa shape index (κ1) is 34.3. The maximum atomic E-state index is 15.3. The van der Waals surface area contributed by atoms with Crippen molar-refractivity contribution in [3.05, 3.63) is 59.9 Å². The van der Waals surface area contributed by atoms with Gasteiger partial charge in [-0.05, 0) is 47.4 Å². The van der Waals surface area contributed by atoms with E-state index in [0.29, 0.717) is 11.3 Å². The van der Waals surface area contributed by atoms with Crippen LogP contribution in [0.2, 0.25) is 0 Å². The Labute approximate surface area is 264 Å². The van der Waals surface area contributed by atoms with Gasteiger partial charge in [0.2, 0.25) is 11.8 Å². The molecule has 2 heterocycles. The Hall–Kier alpha value is -3.60. The van der Waals surface area contributed by atoms with Crippen molar-refractivity contribution < 1.29 is 33.0 Å². The topological polar surface area (TPSA) is 112 Å². The second-order valence-electron chi connectivity index (χ2n) is 14.4. The van der Waals surface area contributed by atoms with Crippen molar-refractivity contribution in [2.24, 2.45) is 5.41 Å². The molecule has 1 aliphatic carbocycles. The summed E-state index contributed by atoms with van der Waals surface area (Å²) in [5.74, 6) is -3.92. The van der Waals surface area contributed by atoms with Crippen LogP contribution in [0.25, 0.3) is 0 Å². The van der Waals surface area contributed by atoms with Crippen molar-refractivity contribution in [2.45, 2.75) is 109 Å². The van der Waals surface area contributed by atoms with Crippen LogP contribution in [0.1, 0.15) is 90.8 Å². The molecule has 11 heteroatoms. The predicted octanol–water partition coefficient (Wildman–Crippen LogP) is 6.33. The zero-order valence-electron chi connectivity index (χ0n) is 27.3. The fourth-order valence-corrected chi connectivity index (χ4v) is 6.62. The van der Waals surface area contributed by atoms with Crippen LogP contribution in [0, 0.1) is 5.41 Å². The molecule has 1 saturated carbocycles. The first-order valence-electron chi connectivity index (χ1n) is 15.5. The lowest BCUT2D eigenvalue weighted by Gasteiger charge is -2.48. The maximum Gasteiger partial charge on any atom is 0.408 e. The number of aromatic nitrogens is 1. The molecule has 2 N–H and O–H groups in total. The third-order valence-electron chi connectivity index (χ3n) is 9.33. The first-order chi connectivity index (χ1) is 20.9. The number of pyridine rings is 1. The van der Waals surface area contributed by atoms with Gasteiger partial charge < -0.3 is 15.2 Å². The molecule has 1 aromatic carbocycles. The van der Waals surface area contributed by atoms with Crippen molar-refractivity contribution in [3.8, 4) is 0 Å². The zero-order chi connectivity index (χ0) is 33.4. The highest BCUT2D eigenvalue weighted by Gasteiger charge is 2.62. The minimum absolute atomic E-state index is 0.0221. The number of methoxy groups -OCH3 is 1. The molecule has 2 aliphatic rings. The van der Waals surface area contributed by atoms with Crippen LogP contribution in [-0.2, 0) is 19.7 Å². The summed E-state index contributed by atoms with van der Waals surface area (Å²) in [6.07, 6.45) is 0.811. The second kappa shape index (κ2) is 12.7. The largest absolute Gasteiger partial charge is 0.465 e. The molecule has 0 radical (unpaired) electrons. The van der Waals surface area contributed by atoms with Gasteiger partial charge in [0.25, 0.3) is 5.91 Å². The summed E-state index contributed by atoms with van der Waals surface area (Å²) >= 11 is 0. The Morgan fingerprint density at radius 3 is 2.18 bits per heavy atom. The third kappa shape index (κ3) is 6.98. The molecule has 2 aromatic rings. The summed E-state index contributed by atoms with van der Waals surface area (Å²) in [5, 5.41) is 13.4. The Morgan fingerprint density at radius 2 is 1.69 bits per heavy atom. The third-order valence-corrected chi connectivity index (χ3v) is 9.33. The number of amides is 3. The number of rotatable bonds is 7. The zero-order valence-corrected chi connectivity index (χ0v) is 27.3. The Bertz CT molecular complexity index is 1360. The van der Waals surface area contributed by atoms with Gasteiger partial charge in [-0.25, -0.2) is 13.6 Å². The van der Waals surface area contributed by atoms with Crippen LogP contribution in [0.3, 0.4) is 0 Å². The SMILES string of the molecule is CO[C@H]1CN(C(=O)O)[C@@](C(=O)N(c2ccc(C(C)(C)C)cc2)C(C(=O)NC2CCC(F)(F)CC2)c2cccnc2)(C(C)(C)C)C1. The summed E-state index contributed by atoms with van der Waals surface area (Å²) in [6, 6.07) is 8.87. The smallest absolute Gasteiger partial charge is 0.408 e. The van der Waals surface area contributed by atoms with Gasteiger partial charge in [0, 0.05) is 56.1 Å².